The van der Waals surface area contributed by atoms with Gasteiger partial charge in [-0.25, -0.2) is 0 Å². The number of nitrogens with zero attached hydrogens (tertiary/aromatic N) is 3. The fourth-order valence-corrected chi connectivity index (χ4v) is 3.02. The van der Waals surface area contributed by atoms with Crippen LogP contribution in [0.2, 0.25) is 0 Å². The molecule has 6 nitrogen and oxygen atoms in total. The average Bonchev–Trinajstić information content (AvgIpc) is 3.18. The second-order valence-electron chi connectivity index (χ2n) is 6.41. The van der Waals surface area contributed by atoms with E-state index in [0.717, 1.165) is 18.4 Å². The van der Waals surface area contributed by atoms with Gasteiger partial charge in [0, 0.05) is 25.4 Å². The number of hydrogen-bond donors (Lipinski definition) is 1. The standard InChI is InChI=1S/C15H22N4O2/c1-4-15(2)14(21)19(9-10-7-16-18(3)8-10)12(11-5-6-11)13(20)17-15/h7-8,11-12H,4-6,9H2,1-3H3,(H,17,20). The highest BCUT2D eigenvalue weighted by Crippen LogP contribution is 2.39. The van der Waals surface area contributed by atoms with E-state index < -0.39 is 5.54 Å². The van der Waals surface area contributed by atoms with Gasteiger partial charge in [-0.15, -0.1) is 0 Å². The lowest BCUT2D eigenvalue weighted by Gasteiger charge is -2.44. The zero-order valence-electron chi connectivity index (χ0n) is 12.8. The van der Waals surface area contributed by atoms with Crippen molar-refractivity contribution in [3.8, 4) is 0 Å². The third-order valence-corrected chi connectivity index (χ3v) is 4.62. The van der Waals surface area contributed by atoms with Crippen LogP contribution in [0.4, 0.5) is 0 Å². The summed E-state index contributed by atoms with van der Waals surface area (Å²) < 4.78 is 1.72. The van der Waals surface area contributed by atoms with Crippen molar-refractivity contribution >= 4 is 11.8 Å². The monoisotopic (exact) mass is 290 g/mol. The van der Waals surface area contributed by atoms with E-state index in [4.69, 9.17) is 0 Å². The Morgan fingerprint density at radius 1 is 1.43 bits per heavy atom. The molecule has 0 radical (unpaired) electrons. The van der Waals surface area contributed by atoms with Crippen LogP contribution < -0.4 is 5.32 Å². The Kier molecular flexibility index (Phi) is 3.26. The van der Waals surface area contributed by atoms with Gasteiger partial charge in [0.15, 0.2) is 0 Å². The number of aromatic nitrogens is 2. The Labute approximate surface area is 124 Å². The summed E-state index contributed by atoms with van der Waals surface area (Å²) in [5, 5.41) is 7.08. The molecule has 1 saturated heterocycles. The molecule has 2 aliphatic rings. The largest absolute Gasteiger partial charge is 0.340 e. The highest BCUT2D eigenvalue weighted by molar-refractivity contribution is 5.99. The predicted octanol–water partition coefficient (Wildman–Crippen LogP) is 0.826. The highest BCUT2D eigenvalue weighted by Gasteiger charge is 2.51. The first-order chi connectivity index (χ1) is 9.94. The molecule has 1 aromatic rings. The summed E-state index contributed by atoms with van der Waals surface area (Å²) in [5.74, 6) is 0.322. The van der Waals surface area contributed by atoms with Crippen molar-refractivity contribution in [3.05, 3.63) is 18.0 Å². The van der Waals surface area contributed by atoms with Gasteiger partial charge in [-0.1, -0.05) is 6.92 Å². The summed E-state index contributed by atoms with van der Waals surface area (Å²) in [6.07, 6.45) is 6.30. The molecule has 21 heavy (non-hydrogen) atoms. The molecule has 1 aliphatic carbocycles. The van der Waals surface area contributed by atoms with Gasteiger partial charge in [0.05, 0.1) is 6.20 Å². The lowest BCUT2D eigenvalue weighted by atomic mass is 9.90. The molecule has 114 valence electrons. The molecule has 2 fully saturated rings. The molecule has 2 unspecified atom stereocenters. The maximum absolute atomic E-state index is 12.9. The van der Waals surface area contributed by atoms with Gasteiger partial charge in [0.25, 0.3) is 0 Å². The molecule has 6 heteroatoms. The fraction of sp³-hybridized carbons (Fsp3) is 0.667. The van der Waals surface area contributed by atoms with Gasteiger partial charge in [0.1, 0.15) is 11.6 Å². The Morgan fingerprint density at radius 2 is 2.14 bits per heavy atom. The van der Waals surface area contributed by atoms with Crippen molar-refractivity contribution < 1.29 is 9.59 Å². The van der Waals surface area contributed by atoms with E-state index >= 15 is 0 Å². The molecule has 0 aromatic carbocycles. The van der Waals surface area contributed by atoms with Crippen molar-refractivity contribution in [2.24, 2.45) is 13.0 Å². The number of carbonyl (C=O) groups excluding carboxylic acids is 2. The minimum absolute atomic E-state index is 0.00894. The number of aryl methyl sites for hydroxylation is 1. The Hall–Kier alpha value is -1.85. The van der Waals surface area contributed by atoms with E-state index in [1.54, 1.807) is 15.8 Å². The van der Waals surface area contributed by atoms with Gasteiger partial charge >= 0.3 is 0 Å². The SMILES string of the molecule is CCC1(C)NC(=O)C(C2CC2)N(Cc2cnn(C)c2)C1=O. The smallest absolute Gasteiger partial charge is 0.249 e. The molecular formula is C15H22N4O2. The molecule has 1 saturated carbocycles. The lowest BCUT2D eigenvalue weighted by Crippen LogP contribution is -2.69. The van der Waals surface area contributed by atoms with E-state index in [-0.39, 0.29) is 17.9 Å². The molecule has 2 amide bonds. The van der Waals surface area contributed by atoms with Crippen LogP contribution in [-0.4, -0.2) is 38.1 Å². The number of hydrogen-bond acceptors (Lipinski definition) is 3. The Morgan fingerprint density at radius 3 is 2.67 bits per heavy atom. The van der Waals surface area contributed by atoms with Crippen LogP contribution in [0.25, 0.3) is 0 Å². The zero-order valence-corrected chi connectivity index (χ0v) is 12.8. The van der Waals surface area contributed by atoms with Gasteiger partial charge in [-0.05, 0) is 32.1 Å². The van der Waals surface area contributed by atoms with Crippen molar-refractivity contribution in [2.45, 2.75) is 51.2 Å². The Balaban J connectivity index is 1.90. The van der Waals surface area contributed by atoms with Crippen molar-refractivity contribution in [3.63, 3.8) is 0 Å². The molecule has 2 atom stereocenters. The molecule has 2 heterocycles. The van der Waals surface area contributed by atoms with Crippen molar-refractivity contribution in [2.75, 3.05) is 0 Å². The number of carbonyl (C=O) groups is 2. The number of piperazine rings is 1. The summed E-state index contributed by atoms with van der Waals surface area (Å²) >= 11 is 0. The molecule has 3 rings (SSSR count). The summed E-state index contributed by atoms with van der Waals surface area (Å²) in [5.41, 5.74) is 0.176. The molecule has 1 aliphatic heterocycles. The van der Waals surface area contributed by atoms with E-state index in [2.05, 4.69) is 10.4 Å². The molecule has 0 bridgehead atoms. The van der Waals surface area contributed by atoms with E-state index in [1.165, 1.54) is 0 Å². The van der Waals surface area contributed by atoms with E-state index in [9.17, 15) is 9.59 Å². The summed E-state index contributed by atoms with van der Waals surface area (Å²) in [4.78, 5) is 27.1. The van der Waals surface area contributed by atoms with E-state index in [1.807, 2.05) is 27.1 Å². The van der Waals surface area contributed by atoms with Crippen LogP contribution >= 0.6 is 0 Å². The molecule has 0 spiro atoms. The number of nitrogens with one attached hydrogen (secondary N) is 1. The third-order valence-electron chi connectivity index (χ3n) is 4.62. The van der Waals surface area contributed by atoms with Crippen LogP contribution in [0.15, 0.2) is 12.4 Å². The van der Waals surface area contributed by atoms with Gasteiger partial charge in [-0.3, -0.25) is 14.3 Å². The Bertz CT molecular complexity index is 578. The topological polar surface area (TPSA) is 67.2 Å². The lowest BCUT2D eigenvalue weighted by molar-refractivity contribution is -0.156. The first kappa shape index (κ1) is 14.1. The molecule has 1 N–H and O–H groups in total. The zero-order chi connectivity index (χ0) is 15.2. The van der Waals surface area contributed by atoms with Crippen LogP contribution in [0.5, 0.6) is 0 Å². The maximum atomic E-state index is 12.9. The molecular weight excluding hydrogens is 268 g/mol. The number of rotatable bonds is 4. The quantitative estimate of drug-likeness (QED) is 0.893. The van der Waals surface area contributed by atoms with Crippen molar-refractivity contribution in [1.82, 2.24) is 20.0 Å². The van der Waals surface area contributed by atoms with Crippen LogP contribution in [0.3, 0.4) is 0 Å². The minimum atomic E-state index is -0.787. The van der Waals surface area contributed by atoms with E-state index in [0.29, 0.717) is 18.9 Å². The second-order valence-corrected chi connectivity index (χ2v) is 6.41. The summed E-state index contributed by atoms with van der Waals surface area (Å²) in [6, 6.07) is -0.322. The highest BCUT2D eigenvalue weighted by atomic mass is 16.2. The minimum Gasteiger partial charge on any atom is -0.340 e. The van der Waals surface area contributed by atoms with Crippen molar-refractivity contribution in [1.29, 1.82) is 0 Å². The second kappa shape index (κ2) is 4.86. The molecule has 1 aromatic heterocycles. The first-order valence-electron chi connectivity index (χ1n) is 7.55. The normalized spacial score (nSPS) is 29.7. The first-order valence-corrected chi connectivity index (χ1v) is 7.55. The van der Waals surface area contributed by atoms with Gasteiger partial charge in [0.2, 0.25) is 11.8 Å². The average molecular weight is 290 g/mol. The van der Waals surface area contributed by atoms with Gasteiger partial charge in [-0.2, -0.15) is 5.10 Å². The maximum Gasteiger partial charge on any atom is 0.249 e. The van der Waals surface area contributed by atoms with Crippen LogP contribution in [-0.2, 0) is 23.2 Å². The van der Waals surface area contributed by atoms with Gasteiger partial charge < -0.3 is 10.2 Å². The van der Waals surface area contributed by atoms with Crippen LogP contribution in [0, 0.1) is 5.92 Å². The van der Waals surface area contributed by atoms with Crippen LogP contribution in [0.1, 0.15) is 38.7 Å². The summed E-state index contributed by atoms with van der Waals surface area (Å²) in [7, 11) is 1.85. The summed E-state index contributed by atoms with van der Waals surface area (Å²) in [6.45, 7) is 4.20. The predicted molar refractivity (Wildman–Crippen MR) is 77.1 cm³/mol. The fourth-order valence-electron chi connectivity index (χ4n) is 3.02. The number of amides is 2. The third kappa shape index (κ3) is 2.43.